The molecule has 13 heteroatoms. The Kier molecular flexibility index (Phi) is 14.6. The fourth-order valence-corrected chi connectivity index (χ4v) is 4.48. The largest absolute Gasteiger partial charge is 0.481 e. The van der Waals surface area contributed by atoms with E-state index in [2.05, 4.69) is 15.0 Å². The molecule has 3 heterocycles. The summed E-state index contributed by atoms with van der Waals surface area (Å²) in [5.41, 5.74) is -0.0608. The second-order valence-corrected chi connectivity index (χ2v) is 9.81. The summed E-state index contributed by atoms with van der Waals surface area (Å²) in [4.78, 5) is 42.4. The van der Waals surface area contributed by atoms with Gasteiger partial charge in [-0.15, -0.1) is 0 Å². The predicted molar refractivity (Wildman–Crippen MR) is 141 cm³/mol. The number of hydrogen-bond donors (Lipinski definition) is 6. The van der Waals surface area contributed by atoms with E-state index in [0.717, 1.165) is 38.5 Å². The van der Waals surface area contributed by atoms with Gasteiger partial charge in [0, 0.05) is 12.8 Å². The van der Waals surface area contributed by atoms with E-state index in [-0.39, 0.29) is 11.2 Å². The van der Waals surface area contributed by atoms with Gasteiger partial charge in [-0.3, -0.25) is 19.0 Å². The molecule has 13 nitrogen and oxygen atoms in total. The SMILES string of the molecule is O=C(O)CCCCCCCCCCCCCCC(=O)O.O=c1[nH]cnc2c1ncn2[C@@H]1O[C@H](CO)[C@@H](O)[C@H]1O. The van der Waals surface area contributed by atoms with E-state index in [4.69, 9.17) is 20.1 Å². The molecule has 1 aliphatic rings. The van der Waals surface area contributed by atoms with Crippen molar-refractivity contribution in [2.24, 2.45) is 0 Å². The van der Waals surface area contributed by atoms with Crippen LogP contribution < -0.4 is 5.56 Å². The molecule has 0 amide bonds. The van der Waals surface area contributed by atoms with Crippen LogP contribution in [0.4, 0.5) is 0 Å². The highest BCUT2D eigenvalue weighted by molar-refractivity contribution is 5.69. The molecule has 0 aromatic carbocycles. The lowest BCUT2D eigenvalue weighted by Crippen LogP contribution is -2.33. The van der Waals surface area contributed by atoms with Crippen LogP contribution >= 0.6 is 0 Å². The first kappa shape index (κ1) is 32.3. The fraction of sp³-hybridized carbons (Fsp3) is 0.731. The number of carboxylic acid groups (broad SMARTS) is 2. The first-order valence-corrected chi connectivity index (χ1v) is 13.7. The number of carbonyl (C=O) groups is 2. The number of nitrogens with zero attached hydrogens (tertiary/aromatic N) is 3. The van der Waals surface area contributed by atoms with E-state index in [9.17, 15) is 24.6 Å². The Morgan fingerprint density at radius 3 is 1.74 bits per heavy atom. The second kappa shape index (κ2) is 17.7. The van der Waals surface area contributed by atoms with Gasteiger partial charge in [0.05, 0.1) is 19.3 Å². The standard InChI is InChI=1S/C16H30O4.C10H12N4O5/c17-15(18)13-11-9-7-5-3-1-2-4-6-8-10-12-14-16(19)20;15-1-4-6(16)7(17)10(19-4)14-3-13-5-8(14)11-2-12-9(5)18/h1-14H2,(H,17,18)(H,19,20);2-4,6-7,10,15-17H,1H2,(H,11,12,18)/t;4-,6-,7-,10-/m.1/s1. The number of aliphatic hydroxyl groups is 3. The van der Waals surface area contributed by atoms with E-state index in [1.54, 1.807) is 0 Å². The van der Waals surface area contributed by atoms with Crippen molar-refractivity contribution in [3.63, 3.8) is 0 Å². The Hall–Kier alpha value is -2.87. The van der Waals surface area contributed by atoms with Gasteiger partial charge in [0.25, 0.3) is 5.56 Å². The Balaban J connectivity index is 0.000000273. The molecule has 3 rings (SSSR count). The highest BCUT2D eigenvalue weighted by atomic mass is 16.6. The fourth-order valence-electron chi connectivity index (χ4n) is 4.48. The summed E-state index contributed by atoms with van der Waals surface area (Å²) in [6, 6.07) is 0. The maximum atomic E-state index is 11.5. The number of aliphatic carboxylic acids is 2. The lowest BCUT2D eigenvalue weighted by atomic mass is 10.0. The number of unbranched alkanes of at least 4 members (excludes halogenated alkanes) is 11. The summed E-state index contributed by atoms with van der Waals surface area (Å²) in [7, 11) is 0. The van der Waals surface area contributed by atoms with Crippen LogP contribution in [0.1, 0.15) is 96.1 Å². The minimum absolute atomic E-state index is 0.111. The maximum absolute atomic E-state index is 11.5. The van der Waals surface area contributed by atoms with Gasteiger partial charge in [-0.1, -0.05) is 64.2 Å². The van der Waals surface area contributed by atoms with Gasteiger partial charge < -0.3 is 35.3 Å². The molecule has 1 saturated heterocycles. The summed E-state index contributed by atoms with van der Waals surface area (Å²) < 4.78 is 6.70. The van der Waals surface area contributed by atoms with Crippen LogP contribution in [-0.2, 0) is 14.3 Å². The van der Waals surface area contributed by atoms with Crippen molar-refractivity contribution in [2.45, 2.75) is 114 Å². The Morgan fingerprint density at radius 1 is 0.821 bits per heavy atom. The number of carboxylic acids is 2. The number of H-pyrrole nitrogens is 1. The van der Waals surface area contributed by atoms with Crippen molar-refractivity contribution in [1.29, 1.82) is 0 Å². The lowest BCUT2D eigenvalue weighted by molar-refractivity contribution is -0.138. The van der Waals surface area contributed by atoms with Gasteiger partial charge in [0.1, 0.15) is 18.3 Å². The van der Waals surface area contributed by atoms with Gasteiger partial charge in [-0.05, 0) is 12.8 Å². The molecule has 0 unspecified atom stereocenters. The van der Waals surface area contributed by atoms with Gasteiger partial charge in [-0.2, -0.15) is 0 Å². The summed E-state index contributed by atoms with van der Waals surface area (Å²) in [6.07, 6.45) is 12.3. The Bertz CT molecular complexity index is 1030. The van der Waals surface area contributed by atoms with Crippen molar-refractivity contribution < 1.29 is 39.9 Å². The highest BCUT2D eigenvalue weighted by Gasteiger charge is 2.43. The van der Waals surface area contributed by atoms with Gasteiger partial charge >= 0.3 is 11.9 Å². The molecule has 6 N–H and O–H groups in total. The average Bonchev–Trinajstić information content (AvgIpc) is 3.45. The van der Waals surface area contributed by atoms with E-state index in [1.807, 2.05) is 0 Å². The van der Waals surface area contributed by atoms with Gasteiger partial charge in [0.2, 0.25) is 0 Å². The van der Waals surface area contributed by atoms with E-state index in [0.29, 0.717) is 12.8 Å². The molecule has 0 saturated carbocycles. The molecular formula is C26H42N4O9. The number of aromatic nitrogens is 4. The second-order valence-electron chi connectivity index (χ2n) is 9.81. The third kappa shape index (κ3) is 11.0. The van der Waals surface area contributed by atoms with Crippen molar-refractivity contribution in [1.82, 2.24) is 19.5 Å². The zero-order valence-electron chi connectivity index (χ0n) is 22.3. The molecule has 2 aromatic heterocycles. The molecule has 0 bridgehead atoms. The van der Waals surface area contributed by atoms with E-state index in [1.165, 1.54) is 55.7 Å². The number of rotatable bonds is 17. The van der Waals surface area contributed by atoms with Gasteiger partial charge in [0.15, 0.2) is 17.4 Å². The number of imidazole rings is 1. The minimum atomic E-state index is -1.24. The van der Waals surface area contributed by atoms with Crippen molar-refractivity contribution in [3.8, 4) is 0 Å². The maximum Gasteiger partial charge on any atom is 0.303 e. The molecule has 0 radical (unpaired) electrons. The van der Waals surface area contributed by atoms with Crippen LogP contribution in [0.25, 0.3) is 11.2 Å². The highest BCUT2D eigenvalue weighted by Crippen LogP contribution is 2.30. The van der Waals surface area contributed by atoms with Crippen LogP contribution in [-0.4, -0.2) is 81.9 Å². The lowest BCUT2D eigenvalue weighted by Gasteiger charge is -2.16. The third-order valence-corrected chi connectivity index (χ3v) is 6.69. The van der Waals surface area contributed by atoms with E-state index < -0.39 is 48.6 Å². The first-order valence-electron chi connectivity index (χ1n) is 13.7. The van der Waals surface area contributed by atoms with Crippen LogP contribution in [0.2, 0.25) is 0 Å². The molecule has 1 fully saturated rings. The third-order valence-electron chi connectivity index (χ3n) is 6.69. The Morgan fingerprint density at radius 2 is 1.31 bits per heavy atom. The quantitative estimate of drug-likeness (QED) is 0.156. The summed E-state index contributed by atoms with van der Waals surface area (Å²) in [5, 5.41) is 45.6. The number of aromatic amines is 1. The minimum Gasteiger partial charge on any atom is -0.481 e. The van der Waals surface area contributed by atoms with E-state index >= 15 is 0 Å². The van der Waals surface area contributed by atoms with Gasteiger partial charge in [-0.25, -0.2) is 9.97 Å². The van der Waals surface area contributed by atoms with Crippen LogP contribution in [0.3, 0.4) is 0 Å². The normalized spacial score (nSPS) is 20.6. The smallest absolute Gasteiger partial charge is 0.303 e. The first-order chi connectivity index (χ1) is 18.8. The molecule has 4 atom stereocenters. The Labute approximate surface area is 226 Å². The van der Waals surface area contributed by atoms with Crippen molar-refractivity contribution >= 4 is 23.1 Å². The molecule has 0 spiro atoms. The van der Waals surface area contributed by atoms with Crippen LogP contribution in [0.5, 0.6) is 0 Å². The number of aliphatic hydroxyl groups excluding tert-OH is 3. The van der Waals surface area contributed by atoms with Crippen molar-refractivity contribution in [2.75, 3.05) is 6.61 Å². The topological polar surface area (TPSA) is 208 Å². The molecule has 1 aliphatic heterocycles. The molecule has 2 aromatic rings. The summed E-state index contributed by atoms with van der Waals surface area (Å²) in [6.45, 7) is -0.421. The summed E-state index contributed by atoms with van der Waals surface area (Å²) in [5.74, 6) is -1.37. The zero-order valence-corrected chi connectivity index (χ0v) is 22.3. The monoisotopic (exact) mass is 554 g/mol. The number of hydrogen-bond acceptors (Lipinski definition) is 9. The zero-order chi connectivity index (χ0) is 28.6. The number of ether oxygens (including phenoxy) is 1. The average molecular weight is 555 g/mol. The molecular weight excluding hydrogens is 512 g/mol. The summed E-state index contributed by atoms with van der Waals surface area (Å²) >= 11 is 0. The van der Waals surface area contributed by atoms with Crippen LogP contribution in [0, 0.1) is 0 Å². The van der Waals surface area contributed by atoms with Crippen LogP contribution in [0.15, 0.2) is 17.4 Å². The number of nitrogens with one attached hydrogen (secondary N) is 1. The van der Waals surface area contributed by atoms with Crippen molar-refractivity contribution in [3.05, 3.63) is 23.0 Å². The predicted octanol–water partition coefficient (Wildman–Crippen LogP) is 2.35. The molecule has 39 heavy (non-hydrogen) atoms. The number of fused-ring (bicyclic) bond motifs is 1. The molecule has 220 valence electrons. The molecule has 0 aliphatic carbocycles.